The molecule has 23 heavy (non-hydrogen) atoms. The van der Waals surface area contributed by atoms with E-state index in [1.54, 1.807) is 13.0 Å². The second-order valence-corrected chi connectivity index (χ2v) is 4.15. The van der Waals surface area contributed by atoms with Gasteiger partial charge in [0.2, 0.25) is 5.95 Å². The van der Waals surface area contributed by atoms with E-state index in [0.29, 0.717) is 5.82 Å². The highest BCUT2D eigenvalue weighted by Gasteiger charge is 2.13. The van der Waals surface area contributed by atoms with Crippen molar-refractivity contribution in [3.63, 3.8) is 0 Å². The third kappa shape index (κ3) is 4.73. The normalized spacial score (nSPS) is 10.3. The smallest absolute Gasteiger partial charge is 0.387 e. The number of benzene rings is 1. The Kier molecular flexibility index (Phi) is 5.18. The lowest BCUT2D eigenvalue weighted by molar-refractivity contribution is -0.0493. The molecule has 2 rings (SSSR count). The summed E-state index contributed by atoms with van der Waals surface area (Å²) in [6.07, 6.45) is 0. The number of aryl methyl sites for hydroxylation is 1. The lowest BCUT2D eigenvalue weighted by Crippen LogP contribution is -2.22. The molecule has 0 fully saturated rings. The highest BCUT2D eigenvalue weighted by Crippen LogP contribution is 2.25. The van der Waals surface area contributed by atoms with Crippen molar-refractivity contribution in [1.29, 1.82) is 0 Å². The van der Waals surface area contributed by atoms with Gasteiger partial charge in [0.05, 0.1) is 12.8 Å². The Morgan fingerprint density at radius 2 is 1.91 bits per heavy atom. The second-order valence-electron chi connectivity index (χ2n) is 4.15. The Hall–Kier alpha value is -3.04. The highest BCUT2D eigenvalue weighted by molar-refractivity contribution is 5.99. The van der Waals surface area contributed by atoms with E-state index in [2.05, 4.69) is 30.3 Å². The number of hydrogen-bond acceptors (Lipinski definition) is 6. The van der Waals surface area contributed by atoms with Crippen LogP contribution in [0, 0.1) is 6.92 Å². The van der Waals surface area contributed by atoms with Crippen molar-refractivity contribution >= 4 is 17.7 Å². The van der Waals surface area contributed by atoms with Crippen LogP contribution in [0.4, 0.5) is 25.2 Å². The van der Waals surface area contributed by atoms with Crippen LogP contribution in [0.1, 0.15) is 5.82 Å². The zero-order valence-corrected chi connectivity index (χ0v) is 12.2. The van der Waals surface area contributed by atoms with Gasteiger partial charge in [0.1, 0.15) is 11.6 Å². The molecular weight excluding hydrogens is 312 g/mol. The molecule has 122 valence electrons. The predicted molar refractivity (Wildman–Crippen MR) is 76.8 cm³/mol. The molecule has 1 aromatic heterocycles. The molecule has 0 spiro atoms. The molecule has 2 amide bonds. The number of ether oxygens (including phenoxy) is 2. The van der Waals surface area contributed by atoms with E-state index in [4.69, 9.17) is 4.74 Å². The average molecular weight is 325 g/mol. The monoisotopic (exact) mass is 325 g/mol. The van der Waals surface area contributed by atoms with Crippen molar-refractivity contribution < 1.29 is 23.0 Å². The van der Waals surface area contributed by atoms with Crippen molar-refractivity contribution in [1.82, 2.24) is 15.0 Å². The van der Waals surface area contributed by atoms with E-state index in [1.807, 2.05) is 0 Å². The van der Waals surface area contributed by atoms with Gasteiger partial charge in [-0.25, -0.2) is 4.79 Å². The number of hydrogen-bond donors (Lipinski definition) is 2. The van der Waals surface area contributed by atoms with Crippen LogP contribution in [-0.2, 0) is 0 Å². The molecule has 0 saturated carbocycles. The number of para-hydroxylation sites is 2. The van der Waals surface area contributed by atoms with Crippen LogP contribution >= 0.6 is 0 Å². The first-order valence-electron chi connectivity index (χ1n) is 6.36. The molecule has 1 heterocycles. The van der Waals surface area contributed by atoms with E-state index in [0.717, 1.165) is 0 Å². The summed E-state index contributed by atoms with van der Waals surface area (Å²) in [5, 5.41) is 4.72. The Morgan fingerprint density at radius 3 is 2.61 bits per heavy atom. The van der Waals surface area contributed by atoms with Gasteiger partial charge in [-0.15, -0.1) is 0 Å². The van der Waals surface area contributed by atoms with Crippen molar-refractivity contribution in [2.45, 2.75) is 13.5 Å². The molecule has 0 bridgehead atoms. The van der Waals surface area contributed by atoms with Gasteiger partial charge in [0.25, 0.3) is 0 Å². The van der Waals surface area contributed by atoms with Gasteiger partial charge in [0.15, 0.2) is 0 Å². The first-order valence-corrected chi connectivity index (χ1v) is 6.36. The summed E-state index contributed by atoms with van der Waals surface area (Å²) in [4.78, 5) is 23.5. The fourth-order valence-electron chi connectivity index (χ4n) is 1.63. The minimum atomic E-state index is -3.00. The van der Waals surface area contributed by atoms with E-state index >= 15 is 0 Å². The molecule has 0 radical (unpaired) electrons. The van der Waals surface area contributed by atoms with Crippen LogP contribution in [0.3, 0.4) is 0 Å². The van der Waals surface area contributed by atoms with Crippen molar-refractivity contribution in [2.75, 3.05) is 17.7 Å². The summed E-state index contributed by atoms with van der Waals surface area (Å²) in [6, 6.07) is 5.08. The lowest BCUT2D eigenvalue weighted by Gasteiger charge is -2.12. The fourth-order valence-corrected chi connectivity index (χ4v) is 1.63. The first-order chi connectivity index (χ1) is 11.0. The number of urea groups is 1. The van der Waals surface area contributed by atoms with Gasteiger partial charge in [-0.1, -0.05) is 12.1 Å². The zero-order chi connectivity index (χ0) is 16.8. The van der Waals surface area contributed by atoms with Gasteiger partial charge in [-0.05, 0) is 19.1 Å². The molecule has 8 nitrogen and oxygen atoms in total. The summed E-state index contributed by atoms with van der Waals surface area (Å²) in [5.74, 6) is 0.134. The van der Waals surface area contributed by atoms with Crippen LogP contribution in [0.15, 0.2) is 24.3 Å². The molecule has 2 aromatic rings. The second kappa shape index (κ2) is 7.29. The van der Waals surface area contributed by atoms with Gasteiger partial charge in [-0.2, -0.15) is 23.7 Å². The van der Waals surface area contributed by atoms with E-state index in [9.17, 15) is 13.6 Å². The molecule has 0 saturated heterocycles. The SMILES string of the molecule is COc1nc(C)nc(NC(=O)Nc2ccccc2OC(F)F)n1. The minimum absolute atomic E-state index is 0.0363. The molecular formula is C13H13F2N5O3. The van der Waals surface area contributed by atoms with Crippen LogP contribution in [0.2, 0.25) is 0 Å². The number of rotatable bonds is 5. The highest BCUT2D eigenvalue weighted by atomic mass is 19.3. The average Bonchev–Trinajstić information content (AvgIpc) is 2.48. The maximum absolute atomic E-state index is 12.3. The Balaban J connectivity index is 2.10. The number of nitrogens with one attached hydrogen (secondary N) is 2. The summed E-state index contributed by atoms with van der Waals surface area (Å²) in [7, 11) is 1.37. The Labute approximate surface area is 129 Å². The van der Waals surface area contributed by atoms with Gasteiger partial charge in [-0.3, -0.25) is 5.32 Å². The van der Waals surface area contributed by atoms with Gasteiger partial charge >= 0.3 is 18.7 Å². The molecule has 0 aliphatic heterocycles. The Bertz CT molecular complexity index is 699. The fraction of sp³-hybridized carbons (Fsp3) is 0.231. The molecule has 0 aliphatic rings. The minimum Gasteiger partial charge on any atom is -0.467 e. The van der Waals surface area contributed by atoms with Gasteiger partial charge in [0, 0.05) is 0 Å². The van der Waals surface area contributed by atoms with Crippen LogP contribution in [0.5, 0.6) is 11.8 Å². The molecule has 0 aliphatic carbocycles. The van der Waals surface area contributed by atoms with E-state index in [1.165, 1.54) is 25.3 Å². The molecule has 1 aromatic carbocycles. The molecule has 2 N–H and O–H groups in total. The zero-order valence-electron chi connectivity index (χ0n) is 12.2. The van der Waals surface area contributed by atoms with Crippen molar-refractivity contribution in [2.24, 2.45) is 0 Å². The number of aromatic nitrogens is 3. The number of methoxy groups -OCH3 is 1. The van der Waals surface area contributed by atoms with Crippen LogP contribution < -0.4 is 20.1 Å². The lowest BCUT2D eigenvalue weighted by atomic mass is 10.3. The number of alkyl halides is 2. The van der Waals surface area contributed by atoms with E-state index < -0.39 is 12.6 Å². The summed E-state index contributed by atoms with van der Waals surface area (Å²) >= 11 is 0. The molecule has 10 heteroatoms. The number of anilines is 2. The standard InChI is InChI=1S/C13H13F2N5O3/c1-7-16-11(20-13(17-7)22-2)19-12(21)18-8-5-3-4-6-9(8)23-10(14)15/h3-6,10H,1-2H3,(H2,16,17,18,19,20,21). The summed E-state index contributed by atoms with van der Waals surface area (Å²) < 4.78 is 33.8. The largest absolute Gasteiger partial charge is 0.467 e. The first kappa shape index (κ1) is 16.3. The maximum atomic E-state index is 12.3. The third-order valence-corrected chi connectivity index (χ3v) is 2.49. The number of nitrogens with zero attached hydrogens (tertiary/aromatic N) is 3. The van der Waals surface area contributed by atoms with E-state index in [-0.39, 0.29) is 23.4 Å². The van der Waals surface area contributed by atoms with Crippen molar-refractivity contribution in [3.05, 3.63) is 30.1 Å². The number of carbonyl (C=O) groups is 1. The Morgan fingerprint density at radius 1 is 1.17 bits per heavy atom. The molecule has 0 atom stereocenters. The predicted octanol–water partition coefficient (Wildman–Crippen LogP) is 2.43. The number of amides is 2. The summed E-state index contributed by atoms with van der Waals surface area (Å²) in [5.41, 5.74) is 0.0723. The molecule has 0 unspecified atom stereocenters. The van der Waals surface area contributed by atoms with Crippen LogP contribution in [-0.4, -0.2) is 34.7 Å². The summed E-state index contributed by atoms with van der Waals surface area (Å²) in [6.45, 7) is -1.41. The topological polar surface area (TPSA) is 98.3 Å². The third-order valence-electron chi connectivity index (χ3n) is 2.49. The maximum Gasteiger partial charge on any atom is 0.387 e. The number of halogens is 2. The van der Waals surface area contributed by atoms with Crippen molar-refractivity contribution in [3.8, 4) is 11.8 Å². The van der Waals surface area contributed by atoms with Crippen LogP contribution in [0.25, 0.3) is 0 Å². The number of carbonyl (C=O) groups excluding carboxylic acids is 1. The quantitative estimate of drug-likeness (QED) is 0.876. The van der Waals surface area contributed by atoms with Gasteiger partial charge < -0.3 is 14.8 Å².